The number of carbonyl (C=O) groups excluding carboxylic acids is 1. The van der Waals surface area contributed by atoms with Crippen molar-refractivity contribution in [2.75, 3.05) is 0 Å². The average molecular weight is 495 g/mol. The van der Waals surface area contributed by atoms with Crippen LogP contribution in [0.4, 0.5) is 0 Å². The van der Waals surface area contributed by atoms with Crippen LogP contribution in [0.2, 0.25) is 0 Å². The Morgan fingerprint density at radius 3 is 2.28 bits per heavy atom. The molecule has 5 nitrogen and oxygen atoms in total. The molecule has 1 aliphatic rings. The van der Waals surface area contributed by atoms with Gasteiger partial charge in [0.05, 0.1) is 0 Å². The fraction of sp³-hybridized carbons (Fsp3) is 0.484. The second-order valence-corrected chi connectivity index (χ2v) is 10.4. The number of benzene rings is 1. The zero-order chi connectivity index (χ0) is 26.7. The molecule has 2 rings (SSSR count). The maximum absolute atomic E-state index is 11.8. The van der Waals surface area contributed by atoms with Crippen LogP contribution in [-0.4, -0.2) is 22.6 Å². The number of carboxylic acid groups (broad SMARTS) is 1. The summed E-state index contributed by atoms with van der Waals surface area (Å²) < 4.78 is 11.7. The lowest BCUT2D eigenvalue weighted by Crippen LogP contribution is -2.36. The molecule has 0 fully saturated rings. The van der Waals surface area contributed by atoms with Gasteiger partial charge in [-0.1, -0.05) is 34.9 Å². The minimum Gasteiger partial charge on any atom is -0.487 e. The number of rotatable bonds is 12. The van der Waals surface area contributed by atoms with Crippen LogP contribution in [0, 0.1) is 6.92 Å². The summed E-state index contributed by atoms with van der Waals surface area (Å²) in [5.74, 6) is -0.642. The molecule has 1 heterocycles. The second-order valence-electron chi connectivity index (χ2n) is 10.4. The first-order valence-corrected chi connectivity index (χ1v) is 12.9. The Balaban J connectivity index is 1.88. The number of fused-ring (bicyclic) bond motifs is 1. The molecule has 1 aromatic carbocycles. The largest absolute Gasteiger partial charge is 0.487 e. The van der Waals surface area contributed by atoms with Gasteiger partial charge < -0.3 is 14.6 Å². The molecule has 0 amide bonds. The molecule has 0 bridgehead atoms. The molecule has 0 spiro atoms. The number of ether oxygens (including phenoxy) is 2. The number of aryl methyl sites for hydroxylation is 2. The van der Waals surface area contributed by atoms with Gasteiger partial charge in [-0.2, -0.15) is 0 Å². The van der Waals surface area contributed by atoms with Crippen molar-refractivity contribution >= 4 is 11.9 Å². The van der Waals surface area contributed by atoms with E-state index >= 15 is 0 Å². The minimum atomic E-state index is -1.19. The molecule has 36 heavy (non-hydrogen) atoms. The molecule has 0 aliphatic carbocycles. The quantitative estimate of drug-likeness (QED) is 0.139. The van der Waals surface area contributed by atoms with Crippen LogP contribution in [0.1, 0.15) is 90.7 Å². The zero-order valence-electron chi connectivity index (χ0n) is 22.8. The van der Waals surface area contributed by atoms with Gasteiger partial charge in [-0.25, -0.2) is 9.59 Å². The van der Waals surface area contributed by atoms with Crippen molar-refractivity contribution in [3.8, 4) is 11.5 Å². The summed E-state index contributed by atoms with van der Waals surface area (Å²) in [6.45, 7) is 12.8. The predicted octanol–water partition coefficient (Wildman–Crippen LogP) is 7.82. The Kier molecular flexibility index (Phi) is 11.2. The van der Waals surface area contributed by atoms with Gasteiger partial charge in [0.25, 0.3) is 0 Å². The third-order valence-corrected chi connectivity index (χ3v) is 6.47. The topological polar surface area (TPSA) is 72.8 Å². The standard InChI is InChI=1S/C31H42O5/c1-22(2)10-7-11-23(3)12-8-13-24(4)14-9-18-31(6)19-17-26-21-27(20-25(5)30(26)36-31)35-29(34)16-15-28(32)33/h10,12,14-16,20-21H,7-9,11,13,17-19H2,1-6H3,(H,32,33)/b16-15-,23-12+,24-14+/t31-/m1/s1. The van der Waals surface area contributed by atoms with Gasteiger partial charge in [-0.05, 0) is 116 Å². The molecule has 0 aromatic heterocycles. The van der Waals surface area contributed by atoms with E-state index in [1.165, 1.54) is 16.7 Å². The highest BCUT2D eigenvalue weighted by molar-refractivity contribution is 5.91. The normalized spacial score (nSPS) is 17.9. The highest BCUT2D eigenvalue weighted by Crippen LogP contribution is 2.40. The molecule has 0 unspecified atom stereocenters. The third-order valence-electron chi connectivity index (χ3n) is 6.47. The van der Waals surface area contributed by atoms with Crippen molar-refractivity contribution in [1.82, 2.24) is 0 Å². The first-order chi connectivity index (χ1) is 17.0. The van der Waals surface area contributed by atoms with Crippen molar-refractivity contribution in [2.24, 2.45) is 0 Å². The van der Waals surface area contributed by atoms with Gasteiger partial charge in [-0.3, -0.25) is 0 Å². The number of esters is 1. The fourth-order valence-electron chi connectivity index (χ4n) is 4.33. The molecule has 1 N–H and O–H groups in total. The van der Waals surface area contributed by atoms with E-state index in [9.17, 15) is 9.59 Å². The minimum absolute atomic E-state index is 0.238. The molecular formula is C31H42O5. The van der Waals surface area contributed by atoms with Gasteiger partial charge in [-0.15, -0.1) is 0 Å². The lowest BCUT2D eigenvalue weighted by Gasteiger charge is -2.37. The molecule has 196 valence electrons. The van der Waals surface area contributed by atoms with Crippen molar-refractivity contribution in [1.29, 1.82) is 0 Å². The lowest BCUT2D eigenvalue weighted by molar-refractivity contribution is -0.133. The van der Waals surface area contributed by atoms with E-state index in [2.05, 4.69) is 52.8 Å². The smallest absolute Gasteiger partial charge is 0.336 e. The highest BCUT2D eigenvalue weighted by Gasteiger charge is 2.32. The van der Waals surface area contributed by atoms with E-state index in [1.54, 1.807) is 6.07 Å². The molecule has 1 aromatic rings. The first-order valence-electron chi connectivity index (χ1n) is 12.9. The number of carbonyl (C=O) groups is 2. The van der Waals surface area contributed by atoms with Crippen LogP contribution in [0.25, 0.3) is 0 Å². The highest BCUT2D eigenvalue weighted by atomic mass is 16.5. The zero-order valence-corrected chi connectivity index (χ0v) is 22.8. The van der Waals surface area contributed by atoms with E-state index < -0.39 is 11.9 Å². The molecule has 5 heteroatoms. The molecule has 0 radical (unpaired) electrons. The average Bonchev–Trinajstić information content (AvgIpc) is 2.78. The van der Waals surface area contributed by atoms with Gasteiger partial charge in [0.2, 0.25) is 0 Å². The summed E-state index contributed by atoms with van der Waals surface area (Å²) in [5, 5.41) is 8.65. The van der Waals surface area contributed by atoms with Crippen molar-refractivity contribution in [2.45, 2.75) is 98.5 Å². The Morgan fingerprint density at radius 2 is 1.64 bits per heavy atom. The van der Waals surface area contributed by atoms with Crippen LogP contribution >= 0.6 is 0 Å². The van der Waals surface area contributed by atoms with Crippen LogP contribution in [0.15, 0.2) is 59.2 Å². The lowest BCUT2D eigenvalue weighted by atomic mass is 9.87. The molecular weight excluding hydrogens is 452 g/mol. The van der Waals surface area contributed by atoms with E-state index in [0.29, 0.717) is 5.75 Å². The Labute approximate surface area is 216 Å². The molecule has 0 saturated heterocycles. The predicted molar refractivity (Wildman–Crippen MR) is 146 cm³/mol. The molecule has 0 saturated carbocycles. The number of hydrogen-bond donors (Lipinski definition) is 1. The summed E-state index contributed by atoms with van der Waals surface area (Å²) in [4.78, 5) is 22.4. The van der Waals surface area contributed by atoms with Gasteiger partial charge in [0, 0.05) is 12.2 Å². The monoisotopic (exact) mass is 494 g/mol. The van der Waals surface area contributed by atoms with Crippen molar-refractivity contribution in [3.63, 3.8) is 0 Å². The van der Waals surface area contributed by atoms with E-state index in [4.69, 9.17) is 14.6 Å². The van der Waals surface area contributed by atoms with Gasteiger partial charge >= 0.3 is 11.9 Å². The number of allylic oxidation sites excluding steroid dienone is 6. The van der Waals surface area contributed by atoms with Crippen LogP contribution in [0.5, 0.6) is 11.5 Å². The number of hydrogen-bond acceptors (Lipinski definition) is 4. The number of carboxylic acids is 1. The summed E-state index contributed by atoms with van der Waals surface area (Å²) >= 11 is 0. The van der Waals surface area contributed by atoms with Crippen LogP contribution in [-0.2, 0) is 16.0 Å². The van der Waals surface area contributed by atoms with E-state index in [1.807, 2.05) is 13.0 Å². The Morgan fingerprint density at radius 1 is 1.00 bits per heavy atom. The van der Waals surface area contributed by atoms with Crippen molar-refractivity contribution in [3.05, 3.63) is 70.4 Å². The Hall–Kier alpha value is -3.08. The second kappa shape index (κ2) is 13.9. The Bertz CT molecular complexity index is 1050. The van der Waals surface area contributed by atoms with E-state index in [-0.39, 0.29) is 5.60 Å². The van der Waals surface area contributed by atoms with Gasteiger partial charge in [0.1, 0.15) is 17.1 Å². The number of aliphatic carboxylic acids is 1. The molecule has 1 atom stereocenters. The molecule has 1 aliphatic heterocycles. The maximum Gasteiger partial charge on any atom is 0.336 e. The summed E-state index contributed by atoms with van der Waals surface area (Å²) in [7, 11) is 0. The SMILES string of the molecule is CC(C)=CCC/C(C)=C/CC/C(C)=C/CC[C@]1(C)CCc2cc(OC(=O)/C=C\C(=O)O)cc(C)c2O1. The van der Waals surface area contributed by atoms with Crippen LogP contribution < -0.4 is 9.47 Å². The van der Waals surface area contributed by atoms with Crippen molar-refractivity contribution < 1.29 is 24.2 Å². The maximum atomic E-state index is 11.8. The summed E-state index contributed by atoms with van der Waals surface area (Å²) in [6.07, 6.45) is 16.8. The summed E-state index contributed by atoms with van der Waals surface area (Å²) in [6, 6.07) is 3.57. The summed E-state index contributed by atoms with van der Waals surface area (Å²) in [5.41, 5.74) is 5.94. The van der Waals surface area contributed by atoms with E-state index in [0.717, 1.165) is 80.4 Å². The van der Waals surface area contributed by atoms with Crippen LogP contribution in [0.3, 0.4) is 0 Å². The first kappa shape index (κ1) is 29.2. The third kappa shape index (κ3) is 10.3. The fourth-order valence-corrected chi connectivity index (χ4v) is 4.33. The van der Waals surface area contributed by atoms with Gasteiger partial charge in [0.15, 0.2) is 0 Å².